The minimum absolute atomic E-state index is 0.0332. The molecule has 9 heteroatoms. The molecule has 0 amide bonds. The van der Waals surface area contributed by atoms with Crippen LogP contribution < -0.4 is 0 Å². The van der Waals surface area contributed by atoms with Crippen molar-refractivity contribution >= 4 is 18.1 Å². The molecule has 0 aromatic heterocycles. The van der Waals surface area contributed by atoms with Gasteiger partial charge >= 0.3 is 18.1 Å². The summed E-state index contributed by atoms with van der Waals surface area (Å²) in [5.74, 6) is 1.77. The molecule has 0 N–H and O–H groups in total. The molecular formula is C46H80N2O7. The van der Waals surface area contributed by atoms with E-state index in [-0.39, 0.29) is 38.4 Å². The van der Waals surface area contributed by atoms with Gasteiger partial charge in [0, 0.05) is 32.5 Å². The van der Waals surface area contributed by atoms with Crippen LogP contribution in [0.1, 0.15) is 155 Å². The van der Waals surface area contributed by atoms with Gasteiger partial charge in [-0.15, -0.1) is 0 Å². The second kappa shape index (κ2) is 28.1. The van der Waals surface area contributed by atoms with E-state index in [4.69, 9.17) is 18.9 Å². The Morgan fingerprint density at radius 2 is 1.16 bits per heavy atom. The van der Waals surface area contributed by atoms with E-state index in [9.17, 15) is 14.4 Å². The van der Waals surface area contributed by atoms with E-state index in [0.29, 0.717) is 24.7 Å². The van der Waals surface area contributed by atoms with Gasteiger partial charge in [-0.3, -0.25) is 9.59 Å². The topological polar surface area (TPSA) is 94.6 Å². The van der Waals surface area contributed by atoms with E-state index in [1.165, 1.54) is 83.5 Å². The van der Waals surface area contributed by atoms with Crippen LogP contribution in [0.15, 0.2) is 24.3 Å². The number of likely N-dealkylation sites (N-methyl/N-ethyl adjacent to an activating group) is 2. The van der Waals surface area contributed by atoms with Crippen LogP contribution >= 0.6 is 0 Å². The smallest absolute Gasteiger partial charge is 0.465 e. The third-order valence-corrected chi connectivity index (χ3v) is 12.1. The summed E-state index contributed by atoms with van der Waals surface area (Å²) >= 11 is 0. The largest absolute Gasteiger partial charge is 0.508 e. The van der Waals surface area contributed by atoms with Crippen molar-refractivity contribution in [1.29, 1.82) is 0 Å². The fourth-order valence-corrected chi connectivity index (χ4v) is 9.37. The standard InChI is InChI=1S/C46H80N2O7/c1-5-6-7-8-9-10-11-12-13-14-15-16-17-18-19-20-23-43(49)53-36-42(38-55-45(51)52-29-22-26-48(4)28-27-47(2)3)37-54-44(50)24-21-25-46-33-39-30-40(34-46)32-41(31-39)35-46/h9-10,12-13,39-42H,5-8,11,14-38H2,1-4H3/b10-9-,13-12-. The van der Waals surface area contributed by atoms with Gasteiger partial charge in [-0.2, -0.15) is 0 Å². The highest BCUT2D eigenvalue weighted by atomic mass is 16.7. The second-order valence-electron chi connectivity index (χ2n) is 17.7. The maximum atomic E-state index is 12.8. The van der Waals surface area contributed by atoms with Gasteiger partial charge in [0.25, 0.3) is 0 Å². The summed E-state index contributed by atoms with van der Waals surface area (Å²) in [6.45, 7) is 5.25. The van der Waals surface area contributed by atoms with E-state index in [2.05, 4.69) is 48.1 Å². The molecule has 316 valence electrons. The van der Waals surface area contributed by atoms with Crippen molar-refractivity contribution in [2.75, 3.05) is 67.2 Å². The molecule has 4 fully saturated rings. The molecule has 4 saturated carbocycles. The van der Waals surface area contributed by atoms with E-state index >= 15 is 0 Å². The van der Waals surface area contributed by atoms with Crippen LogP contribution in [0.25, 0.3) is 0 Å². The van der Waals surface area contributed by atoms with Crippen molar-refractivity contribution in [1.82, 2.24) is 9.80 Å². The van der Waals surface area contributed by atoms with E-state index in [0.717, 1.165) is 82.3 Å². The third kappa shape index (κ3) is 21.6. The summed E-state index contributed by atoms with van der Waals surface area (Å²) in [6, 6.07) is 0. The molecule has 1 unspecified atom stereocenters. The average molecular weight is 773 g/mol. The molecule has 9 nitrogen and oxygen atoms in total. The summed E-state index contributed by atoms with van der Waals surface area (Å²) in [7, 11) is 6.14. The fraction of sp³-hybridized carbons (Fsp3) is 0.848. The van der Waals surface area contributed by atoms with Crippen LogP contribution in [0.5, 0.6) is 0 Å². The Bertz CT molecular complexity index is 1090. The SMILES string of the molecule is CCCCC/C=C\C/C=C\CCCCCCCCC(=O)OCC(COC(=O)CCCC12CC3CC(CC(C3)C1)C2)COC(=O)OCCCN(C)CCN(C)C. The van der Waals surface area contributed by atoms with Crippen molar-refractivity contribution in [2.45, 2.75) is 155 Å². The number of hydrogen-bond donors (Lipinski definition) is 0. The molecule has 4 aliphatic carbocycles. The van der Waals surface area contributed by atoms with Crippen molar-refractivity contribution in [3.8, 4) is 0 Å². The molecular weight excluding hydrogens is 693 g/mol. The highest BCUT2D eigenvalue weighted by Crippen LogP contribution is 2.61. The molecule has 0 heterocycles. The zero-order valence-corrected chi connectivity index (χ0v) is 35.6. The molecule has 4 bridgehead atoms. The third-order valence-electron chi connectivity index (χ3n) is 12.1. The van der Waals surface area contributed by atoms with Crippen LogP contribution in [-0.4, -0.2) is 95.1 Å². The minimum Gasteiger partial charge on any atom is -0.465 e. The first kappa shape index (κ1) is 47.0. The second-order valence-corrected chi connectivity index (χ2v) is 17.7. The molecule has 0 aromatic rings. The van der Waals surface area contributed by atoms with Crippen molar-refractivity contribution in [3.05, 3.63) is 24.3 Å². The van der Waals surface area contributed by atoms with Gasteiger partial charge in [0.05, 0.1) is 12.5 Å². The molecule has 4 rings (SSSR count). The number of carbonyl (C=O) groups is 3. The van der Waals surface area contributed by atoms with E-state index < -0.39 is 12.1 Å². The Morgan fingerprint density at radius 3 is 1.76 bits per heavy atom. The lowest BCUT2D eigenvalue weighted by molar-refractivity contribution is -0.150. The lowest BCUT2D eigenvalue weighted by atomic mass is 9.48. The molecule has 1 atom stereocenters. The summed E-state index contributed by atoms with van der Waals surface area (Å²) in [6.07, 6.45) is 33.9. The number of nitrogens with zero attached hydrogens (tertiary/aromatic N) is 2. The predicted molar refractivity (Wildman–Crippen MR) is 222 cm³/mol. The molecule has 55 heavy (non-hydrogen) atoms. The maximum absolute atomic E-state index is 12.8. The van der Waals surface area contributed by atoms with Crippen LogP contribution in [0.2, 0.25) is 0 Å². The van der Waals surface area contributed by atoms with Gasteiger partial charge < -0.3 is 28.7 Å². The minimum atomic E-state index is -0.754. The van der Waals surface area contributed by atoms with Gasteiger partial charge in [-0.25, -0.2) is 4.79 Å². The van der Waals surface area contributed by atoms with Crippen molar-refractivity contribution in [3.63, 3.8) is 0 Å². The highest BCUT2D eigenvalue weighted by Gasteiger charge is 2.50. The molecule has 0 radical (unpaired) electrons. The molecule has 4 aliphatic rings. The normalized spacial score (nSPS) is 22.3. The van der Waals surface area contributed by atoms with Gasteiger partial charge in [0.15, 0.2) is 0 Å². The van der Waals surface area contributed by atoms with Crippen LogP contribution in [0.4, 0.5) is 4.79 Å². The van der Waals surface area contributed by atoms with Crippen molar-refractivity contribution in [2.24, 2.45) is 29.1 Å². The summed E-state index contributed by atoms with van der Waals surface area (Å²) < 4.78 is 22.0. The first-order valence-electron chi connectivity index (χ1n) is 22.4. The fourth-order valence-electron chi connectivity index (χ4n) is 9.37. The lowest BCUT2D eigenvalue weighted by Crippen LogP contribution is -2.45. The number of carbonyl (C=O) groups excluding carboxylic acids is 3. The lowest BCUT2D eigenvalue weighted by Gasteiger charge is -2.57. The number of allylic oxidation sites excluding steroid dienone is 4. The summed E-state index contributed by atoms with van der Waals surface area (Å²) in [4.78, 5) is 42.1. The number of ether oxygens (including phenoxy) is 4. The monoisotopic (exact) mass is 773 g/mol. The number of hydrogen-bond acceptors (Lipinski definition) is 9. The maximum Gasteiger partial charge on any atom is 0.508 e. The zero-order valence-electron chi connectivity index (χ0n) is 35.6. The average Bonchev–Trinajstić information content (AvgIpc) is 3.14. The Balaban J connectivity index is 1.29. The molecule has 0 aliphatic heterocycles. The van der Waals surface area contributed by atoms with Gasteiger partial charge in [0.1, 0.15) is 19.8 Å². The number of unbranched alkanes of at least 4 members (excludes halogenated alkanes) is 9. The molecule has 0 saturated heterocycles. The Hall–Kier alpha value is -2.39. The molecule has 0 spiro atoms. The first-order chi connectivity index (χ1) is 26.7. The number of esters is 2. The van der Waals surface area contributed by atoms with Crippen LogP contribution in [-0.2, 0) is 28.5 Å². The zero-order chi connectivity index (χ0) is 39.6. The van der Waals surface area contributed by atoms with Gasteiger partial charge in [-0.1, -0.05) is 69.8 Å². The van der Waals surface area contributed by atoms with Crippen LogP contribution in [0.3, 0.4) is 0 Å². The van der Waals surface area contributed by atoms with Gasteiger partial charge in [-0.05, 0) is 141 Å². The van der Waals surface area contributed by atoms with Crippen LogP contribution in [0, 0.1) is 29.1 Å². The number of rotatable bonds is 32. The summed E-state index contributed by atoms with van der Waals surface area (Å²) in [5.41, 5.74) is 0.448. The van der Waals surface area contributed by atoms with E-state index in [1.54, 1.807) is 0 Å². The Morgan fingerprint density at radius 1 is 0.618 bits per heavy atom. The van der Waals surface area contributed by atoms with Gasteiger partial charge in [0.2, 0.25) is 0 Å². The Kier molecular flexibility index (Phi) is 24.0. The Labute approximate surface area is 335 Å². The first-order valence-corrected chi connectivity index (χ1v) is 22.4. The molecule has 0 aromatic carbocycles. The van der Waals surface area contributed by atoms with Crippen molar-refractivity contribution < 1.29 is 33.3 Å². The highest BCUT2D eigenvalue weighted by molar-refractivity contribution is 5.69. The van der Waals surface area contributed by atoms with E-state index in [1.807, 2.05) is 14.1 Å². The quantitative estimate of drug-likeness (QED) is 0.0287. The predicted octanol–water partition coefficient (Wildman–Crippen LogP) is 10.3. The summed E-state index contributed by atoms with van der Waals surface area (Å²) in [5, 5.41) is 0.